The lowest BCUT2D eigenvalue weighted by molar-refractivity contribution is -0.118. The van der Waals surface area contributed by atoms with Crippen molar-refractivity contribution in [2.45, 2.75) is 27.7 Å². The van der Waals surface area contributed by atoms with Crippen molar-refractivity contribution in [1.82, 2.24) is 0 Å². The maximum Gasteiger partial charge on any atom is 0.262 e. The van der Waals surface area contributed by atoms with Gasteiger partial charge in [-0.25, -0.2) is 0 Å². The molecule has 2 aromatic carbocycles. The van der Waals surface area contributed by atoms with Crippen LogP contribution in [0.3, 0.4) is 0 Å². The van der Waals surface area contributed by atoms with E-state index in [9.17, 15) is 9.90 Å². The topological polar surface area (TPSA) is 58.6 Å². The molecule has 0 fully saturated rings. The van der Waals surface area contributed by atoms with Crippen molar-refractivity contribution in [3.63, 3.8) is 0 Å². The number of carbonyl (C=O) groups excluding carboxylic acids is 1. The monoisotopic (exact) mass is 325 g/mol. The smallest absolute Gasteiger partial charge is 0.262 e. The highest BCUT2D eigenvalue weighted by molar-refractivity contribution is 5.95. The number of aryl methyl sites for hydroxylation is 2. The molecule has 0 aliphatic carbocycles. The summed E-state index contributed by atoms with van der Waals surface area (Å²) in [6.45, 7) is 7.99. The van der Waals surface area contributed by atoms with Gasteiger partial charge in [0.15, 0.2) is 6.61 Å². The van der Waals surface area contributed by atoms with Gasteiger partial charge in [0.05, 0.1) is 5.69 Å². The molecule has 126 valence electrons. The van der Waals surface area contributed by atoms with Crippen LogP contribution in [0, 0.1) is 13.8 Å². The number of amides is 1. The molecule has 3 rings (SSSR count). The third-order valence-corrected chi connectivity index (χ3v) is 3.66. The average Bonchev–Trinajstić information content (AvgIpc) is 2.55. The van der Waals surface area contributed by atoms with Crippen LogP contribution in [-0.2, 0) is 4.79 Å². The van der Waals surface area contributed by atoms with E-state index in [1.807, 2.05) is 58.0 Å². The zero-order chi connectivity index (χ0) is 17.7. The first kappa shape index (κ1) is 17.6. The van der Waals surface area contributed by atoms with Gasteiger partial charge in [-0.15, -0.1) is 0 Å². The Balaban J connectivity index is 0.00000100. The second-order valence-corrected chi connectivity index (χ2v) is 5.42. The number of fused-ring (bicyclic) bond motifs is 1. The molecule has 2 N–H and O–H groups in total. The van der Waals surface area contributed by atoms with Crippen molar-refractivity contribution in [3.05, 3.63) is 52.6 Å². The molecule has 0 aromatic heterocycles. The summed E-state index contributed by atoms with van der Waals surface area (Å²) < 4.78 is 5.34. The van der Waals surface area contributed by atoms with Crippen LogP contribution in [0.2, 0.25) is 0 Å². The Labute approximate surface area is 142 Å². The van der Waals surface area contributed by atoms with Crippen LogP contribution in [0.25, 0.3) is 12.2 Å². The van der Waals surface area contributed by atoms with E-state index in [2.05, 4.69) is 5.32 Å². The van der Waals surface area contributed by atoms with Crippen molar-refractivity contribution < 1.29 is 14.6 Å². The van der Waals surface area contributed by atoms with Gasteiger partial charge in [-0.1, -0.05) is 32.1 Å². The zero-order valence-corrected chi connectivity index (χ0v) is 14.5. The van der Waals surface area contributed by atoms with Gasteiger partial charge in [0, 0.05) is 0 Å². The van der Waals surface area contributed by atoms with Gasteiger partial charge in [0.1, 0.15) is 11.5 Å². The van der Waals surface area contributed by atoms with Crippen LogP contribution >= 0.6 is 0 Å². The Kier molecular flexibility index (Phi) is 5.64. The fraction of sp³-hybridized carbons (Fsp3) is 0.250. The van der Waals surface area contributed by atoms with E-state index < -0.39 is 0 Å². The van der Waals surface area contributed by atoms with Gasteiger partial charge < -0.3 is 15.2 Å². The van der Waals surface area contributed by atoms with Gasteiger partial charge in [0.25, 0.3) is 5.91 Å². The molecule has 2 aromatic rings. The Hall–Kier alpha value is -2.75. The predicted octanol–water partition coefficient (Wildman–Crippen LogP) is 4.54. The van der Waals surface area contributed by atoms with Crippen LogP contribution < -0.4 is 10.1 Å². The van der Waals surface area contributed by atoms with Crippen LogP contribution in [0.1, 0.15) is 36.1 Å². The lowest BCUT2D eigenvalue weighted by atomic mass is 10.0. The predicted molar refractivity (Wildman–Crippen MR) is 98.4 cm³/mol. The summed E-state index contributed by atoms with van der Waals surface area (Å²) in [7, 11) is 0. The molecule has 0 bridgehead atoms. The Morgan fingerprint density at radius 3 is 2.42 bits per heavy atom. The number of rotatable bonds is 2. The fourth-order valence-corrected chi connectivity index (χ4v) is 2.60. The Bertz CT molecular complexity index is 755. The first-order valence-electron chi connectivity index (χ1n) is 8.08. The highest BCUT2D eigenvalue weighted by Gasteiger charge is 2.15. The summed E-state index contributed by atoms with van der Waals surface area (Å²) in [4.78, 5) is 11.4. The van der Waals surface area contributed by atoms with E-state index >= 15 is 0 Å². The molecule has 0 unspecified atom stereocenters. The van der Waals surface area contributed by atoms with E-state index in [-0.39, 0.29) is 18.3 Å². The van der Waals surface area contributed by atoms with Crippen molar-refractivity contribution in [3.8, 4) is 11.5 Å². The third kappa shape index (κ3) is 3.96. The number of benzene rings is 2. The minimum Gasteiger partial charge on any atom is -0.508 e. The van der Waals surface area contributed by atoms with E-state index in [0.29, 0.717) is 11.4 Å². The number of aromatic hydroxyl groups is 1. The largest absolute Gasteiger partial charge is 0.508 e. The number of ether oxygens (including phenoxy) is 1. The summed E-state index contributed by atoms with van der Waals surface area (Å²) >= 11 is 0. The second-order valence-electron chi connectivity index (χ2n) is 5.42. The summed E-state index contributed by atoms with van der Waals surface area (Å²) in [5.74, 6) is 0.827. The minimum absolute atomic E-state index is 0.0636. The molecular formula is C20H23NO3. The van der Waals surface area contributed by atoms with Gasteiger partial charge in [-0.05, 0) is 60.4 Å². The minimum atomic E-state index is -0.140. The third-order valence-electron chi connectivity index (χ3n) is 3.66. The number of hydrogen-bond donors (Lipinski definition) is 2. The van der Waals surface area contributed by atoms with Crippen LogP contribution in [-0.4, -0.2) is 17.6 Å². The molecule has 4 heteroatoms. The number of phenols is 1. The standard InChI is InChI=1S/C18H17NO3.C2H6/c1-11-7-14(20)8-12(2)15(11)5-3-13-4-6-17-16(9-13)19-18(21)10-22-17;1-2/h3-9,20H,10H2,1-2H3,(H,19,21);1-2H3/b5-3+;. The second kappa shape index (κ2) is 7.68. The highest BCUT2D eigenvalue weighted by Crippen LogP contribution is 2.29. The molecule has 1 heterocycles. The number of nitrogens with one attached hydrogen (secondary N) is 1. The van der Waals surface area contributed by atoms with Gasteiger partial charge in [-0.2, -0.15) is 0 Å². The molecule has 0 radical (unpaired) electrons. The zero-order valence-electron chi connectivity index (χ0n) is 14.5. The number of hydrogen-bond acceptors (Lipinski definition) is 3. The lowest BCUT2D eigenvalue weighted by Gasteiger charge is -2.17. The Morgan fingerprint density at radius 2 is 1.75 bits per heavy atom. The van der Waals surface area contributed by atoms with E-state index in [0.717, 1.165) is 22.3 Å². The molecule has 1 amide bonds. The molecule has 4 nitrogen and oxygen atoms in total. The van der Waals surface area contributed by atoms with Gasteiger partial charge >= 0.3 is 0 Å². The molecule has 0 spiro atoms. The summed E-state index contributed by atoms with van der Waals surface area (Å²) in [6, 6.07) is 9.16. The van der Waals surface area contributed by atoms with Crippen LogP contribution in [0.5, 0.6) is 11.5 Å². The maximum atomic E-state index is 11.4. The van der Waals surface area contributed by atoms with E-state index in [1.54, 1.807) is 12.1 Å². The first-order valence-corrected chi connectivity index (χ1v) is 8.08. The van der Waals surface area contributed by atoms with Crippen LogP contribution in [0.15, 0.2) is 30.3 Å². The van der Waals surface area contributed by atoms with Gasteiger partial charge in [0.2, 0.25) is 0 Å². The van der Waals surface area contributed by atoms with Crippen molar-refractivity contribution >= 4 is 23.7 Å². The highest BCUT2D eigenvalue weighted by atomic mass is 16.5. The van der Waals surface area contributed by atoms with Crippen molar-refractivity contribution in [1.29, 1.82) is 0 Å². The van der Waals surface area contributed by atoms with Crippen molar-refractivity contribution in [2.75, 3.05) is 11.9 Å². The maximum absolute atomic E-state index is 11.4. The molecule has 0 saturated heterocycles. The molecule has 1 aliphatic heterocycles. The lowest BCUT2D eigenvalue weighted by Crippen LogP contribution is -2.25. The first-order chi connectivity index (χ1) is 11.5. The van der Waals surface area contributed by atoms with Crippen LogP contribution in [0.4, 0.5) is 5.69 Å². The Morgan fingerprint density at radius 1 is 1.08 bits per heavy atom. The average molecular weight is 325 g/mol. The molecular weight excluding hydrogens is 302 g/mol. The summed E-state index contributed by atoms with van der Waals surface area (Å²) in [6.07, 6.45) is 3.99. The summed E-state index contributed by atoms with van der Waals surface area (Å²) in [5.41, 5.74) is 4.77. The normalized spacial score (nSPS) is 12.8. The summed E-state index contributed by atoms with van der Waals surface area (Å²) in [5, 5.41) is 12.4. The molecule has 1 aliphatic rings. The quantitative estimate of drug-likeness (QED) is 0.797. The van der Waals surface area contributed by atoms with E-state index in [1.165, 1.54) is 0 Å². The molecule has 0 saturated carbocycles. The number of carbonyl (C=O) groups is 1. The fourth-order valence-electron chi connectivity index (χ4n) is 2.60. The number of anilines is 1. The molecule has 0 atom stereocenters. The van der Waals surface area contributed by atoms with E-state index in [4.69, 9.17) is 4.74 Å². The SMILES string of the molecule is CC.Cc1cc(O)cc(C)c1/C=C/c1ccc2c(c1)NC(=O)CO2. The van der Waals surface area contributed by atoms with Gasteiger partial charge in [-0.3, -0.25) is 4.79 Å². The molecule has 24 heavy (non-hydrogen) atoms. The van der Waals surface area contributed by atoms with Crippen molar-refractivity contribution in [2.24, 2.45) is 0 Å². The number of phenolic OH excluding ortho intramolecular Hbond substituents is 1.